The van der Waals surface area contributed by atoms with E-state index < -0.39 is 0 Å². The van der Waals surface area contributed by atoms with E-state index in [-0.39, 0.29) is 13.6 Å². The molecule has 1 unspecified atom stereocenters. The van der Waals surface area contributed by atoms with Crippen LogP contribution >= 0.6 is 0 Å². The molecule has 0 spiro atoms. The SMILES string of the molecule is CC1C/C=C\c2c(ccc3c2OCO3)-c2cc(Cc3ccccc3)c3cc4c(cc3c21)OCO4. The van der Waals surface area contributed by atoms with Crippen molar-refractivity contribution in [1.29, 1.82) is 0 Å². The summed E-state index contributed by atoms with van der Waals surface area (Å²) >= 11 is 0. The monoisotopic (exact) mass is 448 g/mol. The average molecular weight is 449 g/mol. The lowest BCUT2D eigenvalue weighted by Crippen LogP contribution is -2.04. The molecule has 0 aromatic heterocycles. The van der Waals surface area contributed by atoms with E-state index >= 15 is 0 Å². The molecule has 4 nitrogen and oxygen atoms in total. The van der Waals surface area contributed by atoms with Gasteiger partial charge >= 0.3 is 0 Å². The average Bonchev–Trinajstić information content (AvgIpc) is 3.51. The molecule has 1 atom stereocenters. The molecule has 0 bridgehead atoms. The second-order valence-corrected chi connectivity index (χ2v) is 9.21. The molecule has 0 amide bonds. The van der Waals surface area contributed by atoms with E-state index in [0.717, 1.165) is 41.4 Å². The molecular formula is C30H24O4. The van der Waals surface area contributed by atoms with E-state index in [4.69, 9.17) is 18.9 Å². The molecule has 0 radical (unpaired) electrons. The largest absolute Gasteiger partial charge is 0.454 e. The Morgan fingerprint density at radius 3 is 2.38 bits per heavy atom. The molecule has 2 aliphatic heterocycles. The van der Waals surface area contributed by atoms with Crippen LogP contribution in [0.15, 0.2) is 66.7 Å². The van der Waals surface area contributed by atoms with Crippen molar-refractivity contribution < 1.29 is 18.9 Å². The first-order valence-electron chi connectivity index (χ1n) is 11.8. The normalized spacial score (nSPS) is 18.2. The van der Waals surface area contributed by atoms with Gasteiger partial charge in [0.05, 0.1) is 0 Å². The van der Waals surface area contributed by atoms with Gasteiger partial charge in [-0.1, -0.05) is 49.4 Å². The van der Waals surface area contributed by atoms with Crippen LogP contribution in [0.1, 0.15) is 41.5 Å². The Bertz CT molecular complexity index is 1470. The first kappa shape index (κ1) is 19.5. The molecule has 2 heterocycles. The Hall–Kier alpha value is -3.92. The molecule has 4 aromatic carbocycles. The molecule has 7 rings (SSSR count). The maximum absolute atomic E-state index is 5.90. The summed E-state index contributed by atoms with van der Waals surface area (Å²) < 4.78 is 23.2. The third-order valence-electron chi connectivity index (χ3n) is 7.13. The van der Waals surface area contributed by atoms with Crippen molar-refractivity contribution in [2.75, 3.05) is 13.6 Å². The van der Waals surface area contributed by atoms with Crippen molar-refractivity contribution in [3.8, 4) is 34.1 Å². The summed E-state index contributed by atoms with van der Waals surface area (Å²) in [6.45, 7) is 2.85. The smallest absolute Gasteiger partial charge is 0.231 e. The summed E-state index contributed by atoms with van der Waals surface area (Å²) in [5, 5.41) is 2.46. The van der Waals surface area contributed by atoms with Gasteiger partial charge in [0.2, 0.25) is 13.6 Å². The highest BCUT2D eigenvalue weighted by Crippen LogP contribution is 2.49. The minimum Gasteiger partial charge on any atom is -0.454 e. The van der Waals surface area contributed by atoms with Gasteiger partial charge in [-0.15, -0.1) is 0 Å². The zero-order chi connectivity index (χ0) is 22.6. The Morgan fingerprint density at radius 2 is 1.53 bits per heavy atom. The summed E-state index contributed by atoms with van der Waals surface area (Å²) in [4.78, 5) is 0. The lowest BCUT2D eigenvalue weighted by Gasteiger charge is -2.24. The maximum atomic E-state index is 5.90. The quantitative estimate of drug-likeness (QED) is 0.328. The van der Waals surface area contributed by atoms with Crippen LogP contribution in [0.4, 0.5) is 0 Å². The van der Waals surface area contributed by atoms with Gasteiger partial charge in [0, 0.05) is 5.56 Å². The van der Waals surface area contributed by atoms with Gasteiger partial charge in [-0.2, -0.15) is 0 Å². The van der Waals surface area contributed by atoms with Crippen LogP contribution in [-0.4, -0.2) is 13.6 Å². The van der Waals surface area contributed by atoms with Crippen molar-refractivity contribution >= 4 is 16.8 Å². The number of allylic oxidation sites excluding steroid dienone is 1. The maximum Gasteiger partial charge on any atom is 0.231 e. The standard InChI is InChI=1S/C30H24O4/c1-18-6-5-9-22-21(10-11-26-30(22)34-17-31-26)24-13-20(12-19-7-3-2-4-8-19)23-14-27-28(33-16-32-27)15-25(23)29(18)24/h2-5,7-11,13-15,18H,6,12,16-17H2,1H3/b9-5-. The van der Waals surface area contributed by atoms with Crippen LogP contribution in [0.3, 0.4) is 0 Å². The van der Waals surface area contributed by atoms with Gasteiger partial charge in [0.15, 0.2) is 23.0 Å². The lowest BCUT2D eigenvalue weighted by atomic mass is 9.80. The second-order valence-electron chi connectivity index (χ2n) is 9.21. The van der Waals surface area contributed by atoms with E-state index in [1.165, 1.54) is 38.6 Å². The van der Waals surface area contributed by atoms with E-state index in [1.807, 2.05) is 6.07 Å². The van der Waals surface area contributed by atoms with E-state index in [1.54, 1.807) is 0 Å². The molecule has 34 heavy (non-hydrogen) atoms. The topological polar surface area (TPSA) is 36.9 Å². The summed E-state index contributed by atoms with van der Waals surface area (Å²) in [5.74, 6) is 3.64. The van der Waals surface area contributed by atoms with Gasteiger partial charge in [0.1, 0.15) is 0 Å². The molecule has 0 N–H and O–H groups in total. The van der Waals surface area contributed by atoms with Crippen molar-refractivity contribution in [2.45, 2.75) is 25.7 Å². The van der Waals surface area contributed by atoms with E-state index in [0.29, 0.717) is 5.92 Å². The number of hydrogen-bond donors (Lipinski definition) is 0. The Morgan fingerprint density at radius 1 is 0.765 bits per heavy atom. The molecule has 3 aliphatic rings. The number of hydrogen-bond acceptors (Lipinski definition) is 4. The van der Waals surface area contributed by atoms with Crippen molar-refractivity contribution in [2.24, 2.45) is 0 Å². The second kappa shape index (κ2) is 7.56. The highest BCUT2D eigenvalue weighted by molar-refractivity contribution is 5.99. The minimum atomic E-state index is 0.267. The van der Waals surface area contributed by atoms with E-state index in [2.05, 4.69) is 73.7 Å². The van der Waals surface area contributed by atoms with E-state index in [9.17, 15) is 0 Å². The van der Waals surface area contributed by atoms with Gasteiger partial charge < -0.3 is 18.9 Å². The van der Waals surface area contributed by atoms with Gasteiger partial charge in [0.25, 0.3) is 0 Å². The fourth-order valence-corrected chi connectivity index (χ4v) is 5.52. The summed E-state index contributed by atoms with van der Waals surface area (Å²) in [7, 11) is 0. The third-order valence-corrected chi connectivity index (χ3v) is 7.13. The number of fused-ring (bicyclic) bond motifs is 8. The number of ether oxygens (including phenoxy) is 4. The van der Waals surface area contributed by atoms with Crippen molar-refractivity contribution in [3.05, 3.63) is 89.0 Å². The zero-order valence-electron chi connectivity index (χ0n) is 19.0. The predicted molar refractivity (Wildman–Crippen MR) is 133 cm³/mol. The zero-order valence-corrected chi connectivity index (χ0v) is 19.0. The van der Waals surface area contributed by atoms with Crippen LogP contribution in [0.25, 0.3) is 28.0 Å². The Kier molecular flexibility index (Phi) is 4.34. The van der Waals surface area contributed by atoms with Gasteiger partial charge in [-0.25, -0.2) is 0 Å². The van der Waals surface area contributed by atoms with Crippen LogP contribution in [0.2, 0.25) is 0 Å². The third kappa shape index (κ3) is 2.98. The Balaban J connectivity index is 1.55. The van der Waals surface area contributed by atoms with Crippen LogP contribution in [0.5, 0.6) is 23.0 Å². The highest BCUT2D eigenvalue weighted by atomic mass is 16.7. The molecule has 0 saturated heterocycles. The Labute approximate surface area is 198 Å². The van der Waals surface area contributed by atoms with Gasteiger partial charge in [-0.05, 0) is 87.7 Å². The first-order valence-corrected chi connectivity index (χ1v) is 11.8. The molecule has 0 fully saturated rings. The number of rotatable bonds is 2. The molecule has 0 saturated carbocycles. The predicted octanol–water partition coefficient (Wildman–Crippen LogP) is 7.08. The minimum absolute atomic E-state index is 0.267. The van der Waals surface area contributed by atoms with Crippen molar-refractivity contribution in [1.82, 2.24) is 0 Å². The van der Waals surface area contributed by atoms with Gasteiger partial charge in [-0.3, -0.25) is 0 Å². The summed E-state index contributed by atoms with van der Waals surface area (Å²) in [6.07, 6.45) is 6.24. The molecule has 1 aliphatic carbocycles. The van der Waals surface area contributed by atoms with Crippen LogP contribution in [-0.2, 0) is 6.42 Å². The molecular weight excluding hydrogens is 424 g/mol. The van der Waals surface area contributed by atoms with Crippen molar-refractivity contribution in [3.63, 3.8) is 0 Å². The first-order chi connectivity index (χ1) is 16.8. The lowest BCUT2D eigenvalue weighted by molar-refractivity contribution is 0.173. The fourth-order valence-electron chi connectivity index (χ4n) is 5.52. The molecule has 168 valence electrons. The fraction of sp³-hybridized carbons (Fsp3) is 0.200. The number of benzene rings is 4. The van der Waals surface area contributed by atoms with Crippen LogP contribution in [0, 0.1) is 0 Å². The summed E-state index contributed by atoms with van der Waals surface area (Å²) in [5.41, 5.74) is 7.42. The van der Waals surface area contributed by atoms with Crippen LogP contribution < -0.4 is 18.9 Å². The highest BCUT2D eigenvalue weighted by Gasteiger charge is 2.27. The molecule has 4 aromatic rings. The summed E-state index contributed by atoms with van der Waals surface area (Å²) in [6, 6.07) is 21.6. The molecule has 4 heteroatoms.